The Morgan fingerprint density at radius 1 is 1.35 bits per heavy atom. The summed E-state index contributed by atoms with van der Waals surface area (Å²) >= 11 is 7.88. The molecule has 0 saturated carbocycles. The normalized spacial score (nSPS) is 10.7. The third-order valence-corrected chi connectivity index (χ3v) is 4.53. The predicted molar refractivity (Wildman–Crippen MR) is 88.8 cm³/mol. The molecule has 0 spiro atoms. The van der Waals surface area contributed by atoms with Crippen molar-refractivity contribution in [1.29, 1.82) is 0 Å². The number of amides is 1. The summed E-state index contributed by atoms with van der Waals surface area (Å²) in [5.41, 5.74) is 1.44. The number of nitrogens with zero attached hydrogens (tertiary/aromatic N) is 2. The second kappa shape index (κ2) is 6.52. The lowest BCUT2D eigenvalue weighted by atomic mass is 10.2. The SMILES string of the molecule is Cc1nn(-c2ccc(F)cc2)c(Cl)c1C(=O)NCc1cccs1. The molecule has 0 saturated heterocycles. The molecule has 3 rings (SSSR count). The highest BCUT2D eigenvalue weighted by Gasteiger charge is 2.21. The molecule has 118 valence electrons. The van der Waals surface area contributed by atoms with Crippen molar-refractivity contribution in [3.05, 3.63) is 68.9 Å². The summed E-state index contributed by atoms with van der Waals surface area (Å²) in [6.45, 7) is 2.15. The zero-order valence-corrected chi connectivity index (χ0v) is 13.8. The number of nitrogens with one attached hydrogen (secondary N) is 1. The first kappa shape index (κ1) is 15.7. The fourth-order valence-corrected chi connectivity index (χ4v) is 3.18. The summed E-state index contributed by atoms with van der Waals surface area (Å²) < 4.78 is 14.5. The van der Waals surface area contributed by atoms with Crippen LogP contribution in [0.4, 0.5) is 4.39 Å². The molecule has 7 heteroatoms. The van der Waals surface area contributed by atoms with E-state index in [9.17, 15) is 9.18 Å². The van der Waals surface area contributed by atoms with E-state index >= 15 is 0 Å². The smallest absolute Gasteiger partial charge is 0.256 e. The largest absolute Gasteiger partial charge is 0.347 e. The number of carbonyl (C=O) groups excluding carboxylic acids is 1. The highest BCUT2D eigenvalue weighted by molar-refractivity contribution is 7.09. The van der Waals surface area contributed by atoms with Crippen LogP contribution in [0.3, 0.4) is 0 Å². The van der Waals surface area contributed by atoms with Gasteiger partial charge in [0.25, 0.3) is 5.91 Å². The van der Waals surface area contributed by atoms with Crippen LogP contribution >= 0.6 is 22.9 Å². The van der Waals surface area contributed by atoms with Crippen LogP contribution in [-0.4, -0.2) is 15.7 Å². The molecule has 1 amide bonds. The van der Waals surface area contributed by atoms with E-state index < -0.39 is 0 Å². The quantitative estimate of drug-likeness (QED) is 0.774. The van der Waals surface area contributed by atoms with Crippen molar-refractivity contribution in [3.63, 3.8) is 0 Å². The lowest BCUT2D eigenvalue weighted by Gasteiger charge is -2.05. The maximum atomic E-state index is 13.0. The van der Waals surface area contributed by atoms with Crippen LogP contribution in [0.2, 0.25) is 5.15 Å². The summed E-state index contributed by atoms with van der Waals surface area (Å²) in [4.78, 5) is 13.4. The topological polar surface area (TPSA) is 46.9 Å². The van der Waals surface area contributed by atoms with E-state index in [1.54, 1.807) is 30.4 Å². The Morgan fingerprint density at radius 2 is 2.09 bits per heavy atom. The van der Waals surface area contributed by atoms with Crippen LogP contribution < -0.4 is 5.32 Å². The minimum Gasteiger partial charge on any atom is -0.347 e. The number of thiophene rings is 1. The number of hydrogen-bond donors (Lipinski definition) is 1. The molecule has 1 N–H and O–H groups in total. The first-order valence-electron chi connectivity index (χ1n) is 6.88. The molecule has 0 aliphatic carbocycles. The van der Waals surface area contributed by atoms with Crippen molar-refractivity contribution < 1.29 is 9.18 Å². The van der Waals surface area contributed by atoms with Crippen molar-refractivity contribution >= 4 is 28.8 Å². The van der Waals surface area contributed by atoms with Gasteiger partial charge in [0, 0.05) is 4.88 Å². The van der Waals surface area contributed by atoms with E-state index in [-0.39, 0.29) is 16.9 Å². The molecule has 3 aromatic rings. The standard InChI is InChI=1S/C16H13ClFN3OS/c1-10-14(16(22)19-9-13-3-2-8-23-13)15(17)21(20-10)12-6-4-11(18)5-7-12/h2-8H,9H2,1H3,(H,19,22). The third-order valence-electron chi connectivity index (χ3n) is 3.31. The number of aromatic nitrogens is 2. The van der Waals surface area contributed by atoms with Crippen LogP contribution in [0.1, 0.15) is 20.9 Å². The molecule has 0 fully saturated rings. The van der Waals surface area contributed by atoms with Gasteiger partial charge in [-0.2, -0.15) is 5.10 Å². The van der Waals surface area contributed by atoms with E-state index in [1.807, 2.05) is 17.5 Å². The van der Waals surface area contributed by atoms with Gasteiger partial charge >= 0.3 is 0 Å². The van der Waals surface area contributed by atoms with Gasteiger partial charge in [0.2, 0.25) is 0 Å². The highest BCUT2D eigenvalue weighted by atomic mass is 35.5. The monoisotopic (exact) mass is 349 g/mol. The molecular formula is C16H13ClFN3OS. The van der Waals surface area contributed by atoms with Crippen LogP contribution in [-0.2, 0) is 6.54 Å². The molecule has 0 unspecified atom stereocenters. The number of benzene rings is 1. The fraction of sp³-hybridized carbons (Fsp3) is 0.125. The number of aryl methyl sites for hydroxylation is 1. The van der Waals surface area contributed by atoms with E-state index in [0.29, 0.717) is 23.5 Å². The Hall–Kier alpha value is -2.18. The molecule has 1 aromatic carbocycles. The number of halogens is 2. The molecule has 0 aliphatic heterocycles. The summed E-state index contributed by atoms with van der Waals surface area (Å²) in [7, 11) is 0. The molecule has 0 bridgehead atoms. The van der Waals surface area contributed by atoms with Crippen molar-refractivity contribution in [1.82, 2.24) is 15.1 Å². The van der Waals surface area contributed by atoms with Crippen molar-refractivity contribution in [2.24, 2.45) is 0 Å². The highest BCUT2D eigenvalue weighted by Crippen LogP contribution is 2.24. The number of rotatable bonds is 4. The van der Waals surface area contributed by atoms with Crippen molar-refractivity contribution in [3.8, 4) is 5.69 Å². The maximum Gasteiger partial charge on any atom is 0.256 e. The summed E-state index contributed by atoms with van der Waals surface area (Å²) in [5.74, 6) is -0.628. The van der Waals surface area contributed by atoms with Gasteiger partial charge in [-0.1, -0.05) is 17.7 Å². The van der Waals surface area contributed by atoms with Crippen molar-refractivity contribution in [2.75, 3.05) is 0 Å². The Morgan fingerprint density at radius 3 is 2.74 bits per heavy atom. The van der Waals surface area contributed by atoms with Crippen LogP contribution in [0.15, 0.2) is 41.8 Å². The number of hydrogen-bond acceptors (Lipinski definition) is 3. The van der Waals surface area contributed by atoms with Gasteiger partial charge in [-0.15, -0.1) is 11.3 Å². The Kier molecular flexibility index (Phi) is 4.45. The first-order valence-corrected chi connectivity index (χ1v) is 8.13. The molecule has 4 nitrogen and oxygen atoms in total. The average molecular weight is 350 g/mol. The molecule has 23 heavy (non-hydrogen) atoms. The van der Waals surface area contributed by atoms with Crippen molar-refractivity contribution in [2.45, 2.75) is 13.5 Å². The summed E-state index contributed by atoms with van der Waals surface area (Å²) in [6, 6.07) is 9.62. The van der Waals surface area contributed by atoms with Crippen LogP contribution in [0.5, 0.6) is 0 Å². The Labute approximate surface area is 141 Å². The average Bonchev–Trinajstić information content (AvgIpc) is 3.14. The molecule has 2 heterocycles. The molecule has 0 atom stereocenters. The van der Waals surface area contributed by atoms with Gasteiger partial charge in [-0.25, -0.2) is 9.07 Å². The zero-order chi connectivity index (χ0) is 16.4. The zero-order valence-electron chi connectivity index (χ0n) is 12.2. The molecular weight excluding hydrogens is 337 g/mol. The minimum atomic E-state index is -0.345. The lowest BCUT2D eigenvalue weighted by Crippen LogP contribution is -2.23. The van der Waals surface area contributed by atoms with E-state index in [4.69, 9.17) is 11.6 Å². The Bertz CT molecular complexity index is 828. The number of carbonyl (C=O) groups is 1. The lowest BCUT2D eigenvalue weighted by molar-refractivity contribution is 0.0951. The summed E-state index contributed by atoms with van der Waals surface area (Å²) in [6.07, 6.45) is 0. The summed E-state index contributed by atoms with van der Waals surface area (Å²) in [5, 5.41) is 9.27. The van der Waals surface area contributed by atoms with Gasteiger partial charge in [0.15, 0.2) is 0 Å². The molecule has 0 radical (unpaired) electrons. The van der Waals surface area contributed by atoms with E-state index in [0.717, 1.165) is 4.88 Å². The molecule has 2 aromatic heterocycles. The predicted octanol–water partition coefficient (Wildman–Crippen LogP) is 3.96. The van der Waals surface area contributed by atoms with Gasteiger partial charge in [0.1, 0.15) is 11.0 Å². The van der Waals surface area contributed by atoms with Crippen LogP contribution in [0.25, 0.3) is 5.69 Å². The van der Waals surface area contributed by atoms with Gasteiger partial charge in [0.05, 0.1) is 23.5 Å². The second-order valence-corrected chi connectivity index (χ2v) is 6.29. The van der Waals surface area contributed by atoms with Gasteiger partial charge in [-0.3, -0.25) is 4.79 Å². The van der Waals surface area contributed by atoms with E-state index in [2.05, 4.69) is 10.4 Å². The second-order valence-electron chi connectivity index (χ2n) is 4.90. The fourth-order valence-electron chi connectivity index (χ4n) is 2.18. The van der Waals surface area contributed by atoms with Gasteiger partial charge < -0.3 is 5.32 Å². The van der Waals surface area contributed by atoms with Gasteiger partial charge in [-0.05, 0) is 42.6 Å². The maximum absolute atomic E-state index is 13.0. The molecule has 0 aliphatic rings. The Balaban J connectivity index is 1.85. The minimum absolute atomic E-state index is 0.206. The van der Waals surface area contributed by atoms with Crippen LogP contribution in [0, 0.1) is 12.7 Å². The van der Waals surface area contributed by atoms with E-state index in [1.165, 1.54) is 16.8 Å². The first-order chi connectivity index (χ1) is 11.1. The third kappa shape index (κ3) is 3.28.